The Labute approximate surface area is 210 Å². The van der Waals surface area contributed by atoms with Gasteiger partial charge in [-0.3, -0.25) is 4.79 Å². The van der Waals surface area contributed by atoms with Crippen LogP contribution in [0, 0.1) is 6.92 Å². The lowest BCUT2D eigenvalue weighted by molar-refractivity contribution is -0.00930. The van der Waals surface area contributed by atoms with E-state index in [9.17, 15) is 4.79 Å². The summed E-state index contributed by atoms with van der Waals surface area (Å²) in [5.41, 5.74) is 3.31. The molecule has 3 aliphatic heterocycles. The van der Waals surface area contributed by atoms with E-state index in [-0.39, 0.29) is 12.0 Å². The largest absolute Gasteiger partial charge is 0.491 e. The fourth-order valence-corrected chi connectivity index (χ4v) is 5.67. The first kappa shape index (κ1) is 22.5. The van der Waals surface area contributed by atoms with Crippen molar-refractivity contribution in [1.29, 1.82) is 0 Å². The molecule has 4 heterocycles. The molecule has 6 nitrogen and oxygen atoms in total. The first-order valence-corrected chi connectivity index (χ1v) is 12.7. The van der Waals surface area contributed by atoms with Crippen LogP contribution in [-0.2, 0) is 10.3 Å². The number of nitrogens with zero attached hydrogens (tertiary/aromatic N) is 2. The number of fused-ring (bicyclic) bond motifs is 4. The standard InChI is InChI=1S/C28H29ClN2O4/c1-19-16-20(6-9-24(19)34-18-22-4-3-15-33-22)27(32)30-13-10-28(11-14-30)26-5-2-12-31(26)23-8-7-21(29)17-25(23)35-28/h2,5-9,12,16-17,22H,3-4,10-11,13-15,18H2,1H3. The van der Waals surface area contributed by atoms with Crippen LogP contribution in [0.15, 0.2) is 54.7 Å². The summed E-state index contributed by atoms with van der Waals surface area (Å²) in [6.07, 6.45) is 5.80. The molecule has 2 saturated heterocycles. The average Bonchev–Trinajstić information content (AvgIpc) is 3.56. The van der Waals surface area contributed by atoms with Crippen LogP contribution < -0.4 is 9.47 Å². The van der Waals surface area contributed by atoms with Gasteiger partial charge in [0.2, 0.25) is 0 Å². The fraction of sp³-hybridized carbons (Fsp3) is 0.393. The van der Waals surface area contributed by atoms with E-state index in [0.29, 0.717) is 30.3 Å². The number of halogens is 1. The molecule has 1 amide bonds. The number of hydrogen-bond donors (Lipinski definition) is 0. The summed E-state index contributed by atoms with van der Waals surface area (Å²) in [6, 6.07) is 15.6. The highest BCUT2D eigenvalue weighted by molar-refractivity contribution is 6.30. The van der Waals surface area contributed by atoms with Crippen molar-refractivity contribution in [3.8, 4) is 17.2 Å². The maximum Gasteiger partial charge on any atom is 0.253 e. The van der Waals surface area contributed by atoms with Crippen LogP contribution in [0.25, 0.3) is 5.69 Å². The average molecular weight is 493 g/mol. The molecule has 6 rings (SSSR count). The summed E-state index contributed by atoms with van der Waals surface area (Å²) in [7, 11) is 0. The molecule has 1 aromatic heterocycles. The van der Waals surface area contributed by atoms with Crippen LogP contribution in [-0.4, -0.2) is 47.8 Å². The zero-order valence-electron chi connectivity index (χ0n) is 19.8. The van der Waals surface area contributed by atoms with E-state index in [0.717, 1.165) is 60.7 Å². The molecule has 35 heavy (non-hydrogen) atoms. The lowest BCUT2D eigenvalue weighted by atomic mass is 9.86. The highest BCUT2D eigenvalue weighted by atomic mass is 35.5. The van der Waals surface area contributed by atoms with Crippen molar-refractivity contribution in [3.05, 3.63) is 76.6 Å². The number of benzene rings is 2. The summed E-state index contributed by atoms with van der Waals surface area (Å²) in [5.74, 6) is 1.64. The van der Waals surface area contributed by atoms with Gasteiger partial charge in [0.05, 0.1) is 17.5 Å². The number of ether oxygens (including phenoxy) is 3. The Morgan fingerprint density at radius 1 is 1.17 bits per heavy atom. The normalized spacial score (nSPS) is 20.3. The lowest BCUT2D eigenvalue weighted by Crippen LogP contribution is -2.50. The van der Waals surface area contributed by atoms with Crippen molar-refractivity contribution in [2.24, 2.45) is 0 Å². The summed E-state index contributed by atoms with van der Waals surface area (Å²) in [6.45, 7) is 4.60. The molecule has 2 aromatic carbocycles. The molecule has 7 heteroatoms. The molecular weight excluding hydrogens is 464 g/mol. The van der Waals surface area contributed by atoms with E-state index >= 15 is 0 Å². The number of carbonyl (C=O) groups excluding carboxylic acids is 1. The molecule has 0 radical (unpaired) electrons. The predicted molar refractivity (Wildman–Crippen MR) is 134 cm³/mol. The Kier molecular flexibility index (Phi) is 5.73. The molecule has 0 aliphatic carbocycles. The highest BCUT2D eigenvalue weighted by Gasteiger charge is 2.44. The summed E-state index contributed by atoms with van der Waals surface area (Å²) >= 11 is 6.26. The van der Waals surface area contributed by atoms with Crippen molar-refractivity contribution in [2.45, 2.75) is 44.3 Å². The van der Waals surface area contributed by atoms with E-state index in [4.69, 9.17) is 25.8 Å². The minimum Gasteiger partial charge on any atom is -0.491 e. The number of aromatic nitrogens is 1. The molecule has 1 unspecified atom stereocenters. The number of amides is 1. The number of carbonyl (C=O) groups is 1. The second kappa shape index (κ2) is 8.92. The van der Waals surface area contributed by atoms with Crippen molar-refractivity contribution >= 4 is 17.5 Å². The van der Waals surface area contributed by atoms with Crippen LogP contribution in [0.2, 0.25) is 5.02 Å². The topological polar surface area (TPSA) is 52.9 Å². The van der Waals surface area contributed by atoms with Crippen LogP contribution in [0.4, 0.5) is 0 Å². The van der Waals surface area contributed by atoms with Crippen LogP contribution in [0.3, 0.4) is 0 Å². The first-order chi connectivity index (χ1) is 17.0. The summed E-state index contributed by atoms with van der Waals surface area (Å²) < 4.78 is 20.4. The molecule has 3 aromatic rings. The van der Waals surface area contributed by atoms with E-state index in [1.165, 1.54) is 0 Å². The molecule has 0 saturated carbocycles. The number of rotatable bonds is 4. The molecule has 1 spiro atoms. The van der Waals surface area contributed by atoms with Gasteiger partial charge in [-0.2, -0.15) is 0 Å². The second-order valence-electron chi connectivity index (χ2n) is 9.69. The van der Waals surface area contributed by atoms with E-state index in [2.05, 4.69) is 16.8 Å². The SMILES string of the molecule is Cc1cc(C(=O)N2CCC3(CC2)Oc2cc(Cl)ccc2-n2cccc23)ccc1OCC1CCCO1. The monoisotopic (exact) mass is 492 g/mol. The number of likely N-dealkylation sites (tertiary alicyclic amines) is 1. The zero-order chi connectivity index (χ0) is 24.0. The van der Waals surface area contributed by atoms with Crippen LogP contribution >= 0.6 is 11.6 Å². The van der Waals surface area contributed by atoms with Gasteiger partial charge in [-0.25, -0.2) is 0 Å². The maximum absolute atomic E-state index is 13.3. The smallest absolute Gasteiger partial charge is 0.253 e. The molecule has 3 aliphatic rings. The molecular formula is C28H29ClN2O4. The van der Waals surface area contributed by atoms with Crippen molar-refractivity contribution in [2.75, 3.05) is 26.3 Å². The van der Waals surface area contributed by atoms with Gasteiger partial charge in [-0.15, -0.1) is 0 Å². The van der Waals surface area contributed by atoms with Gasteiger partial charge in [-0.1, -0.05) is 11.6 Å². The third-order valence-corrected chi connectivity index (χ3v) is 7.67. The third kappa shape index (κ3) is 4.09. The van der Waals surface area contributed by atoms with Crippen molar-refractivity contribution in [3.63, 3.8) is 0 Å². The van der Waals surface area contributed by atoms with Gasteiger partial charge < -0.3 is 23.7 Å². The van der Waals surface area contributed by atoms with Crippen LogP contribution in [0.5, 0.6) is 11.5 Å². The maximum atomic E-state index is 13.3. The quantitative estimate of drug-likeness (QED) is 0.481. The Morgan fingerprint density at radius 3 is 2.80 bits per heavy atom. The Hall–Kier alpha value is -2.96. The van der Waals surface area contributed by atoms with Gasteiger partial charge in [0, 0.05) is 55.4 Å². The summed E-state index contributed by atoms with van der Waals surface area (Å²) in [5, 5.41) is 0.653. The molecule has 0 bridgehead atoms. The number of aryl methyl sites for hydroxylation is 1. The molecule has 1 atom stereocenters. The minimum absolute atomic E-state index is 0.0447. The van der Waals surface area contributed by atoms with Crippen LogP contribution in [0.1, 0.15) is 47.3 Å². The Bertz CT molecular complexity index is 1260. The van der Waals surface area contributed by atoms with Crippen molar-refractivity contribution < 1.29 is 19.0 Å². The molecule has 2 fully saturated rings. The van der Waals surface area contributed by atoms with Gasteiger partial charge in [0.25, 0.3) is 5.91 Å². The summed E-state index contributed by atoms with van der Waals surface area (Å²) in [4.78, 5) is 15.3. The van der Waals surface area contributed by atoms with E-state index in [1.807, 2.05) is 54.3 Å². The first-order valence-electron chi connectivity index (χ1n) is 12.3. The number of hydrogen-bond acceptors (Lipinski definition) is 4. The fourth-order valence-electron chi connectivity index (χ4n) is 5.51. The Balaban J connectivity index is 1.15. The minimum atomic E-state index is -0.464. The highest BCUT2D eigenvalue weighted by Crippen LogP contribution is 2.45. The second-order valence-corrected chi connectivity index (χ2v) is 10.1. The lowest BCUT2D eigenvalue weighted by Gasteiger charge is -2.45. The zero-order valence-corrected chi connectivity index (χ0v) is 20.6. The van der Waals surface area contributed by atoms with Gasteiger partial charge in [-0.05, 0) is 67.8 Å². The van der Waals surface area contributed by atoms with E-state index in [1.54, 1.807) is 0 Å². The molecule has 0 N–H and O–H groups in total. The van der Waals surface area contributed by atoms with Gasteiger partial charge >= 0.3 is 0 Å². The van der Waals surface area contributed by atoms with Gasteiger partial charge in [0.15, 0.2) is 5.60 Å². The Morgan fingerprint density at radius 2 is 2.03 bits per heavy atom. The predicted octanol–water partition coefficient (Wildman–Crippen LogP) is 5.52. The van der Waals surface area contributed by atoms with E-state index < -0.39 is 5.60 Å². The van der Waals surface area contributed by atoms with Gasteiger partial charge in [0.1, 0.15) is 18.1 Å². The van der Waals surface area contributed by atoms with Crippen molar-refractivity contribution in [1.82, 2.24) is 9.47 Å². The molecule has 182 valence electrons. The number of piperidine rings is 1. The third-order valence-electron chi connectivity index (χ3n) is 7.43.